The van der Waals surface area contributed by atoms with Crippen molar-refractivity contribution in [3.8, 4) is 0 Å². The highest BCUT2D eigenvalue weighted by atomic mass is 16.1. The molecule has 1 aliphatic rings. The topological polar surface area (TPSA) is 17.1 Å². The lowest BCUT2D eigenvalue weighted by Crippen LogP contribution is -1.77. The normalized spacial score (nSPS) is 12.1. The number of carbonyl (C=O) groups excluding carboxylic acids is 1. The molecule has 0 aromatic heterocycles. The van der Waals surface area contributed by atoms with Gasteiger partial charge in [0.2, 0.25) is 0 Å². The van der Waals surface area contributed by atoms with E-state index in [-0.39, 0.29) is 5.78 Å². The van der Waals surface area contributed by atoms with Gasteiger partial charge < -0.3 is 0 Å². The number of hydrogen-bond donors (Lipinski definition) is 0. The van der Waals surface area contributed by atoms with Crippen LogP contribution in [0.2, 0.25) is 0 Å². The van der Waals surface area contributed by atoms with Gasteiger partial charge in [-0.1, -0.05) is 73.7 Å². The van der Waals surface area contributed by atoms with Crippen molar-refractivity contribution in [2.45, 2.75) is 46.0 Å². The number of hydrogen-bond acceptors (Lipinski definition) is 1. The van der Waals surface area contributed by atoms with Crippen LogP contribution in [0.5, 0.6) is 0 Å². The van der Waals surface area contributed by atoms with E-state index in [1.807, 2.05) is 6.07 Å². The van der Waals surface area contributed by atoms with Gasteiger partial charge in [0.1, 0.15) is 0 Å². The van der Waals surface area contributed by atoms with E-state index >= 15 is 0 Å². The minimum atomic E-state index is 0.0185. The molecule has 0 N–H and O–H groups in total. The number of carbonyl (C=O) groups is 1. The molecule has 3 rings (SSSR count). The van der Waals surface area contributed by atoms with Gasteiger partial charge in [-0.3, -0.25) is 4.79 Å². The molecule has 0 amide bonds. The van der Waals surface area contributed by atoms with Crippen LogP contribution >= 0.6 is 0 Å². The third-order valence-corrected chi connectivity index (χ3v) is 3.66. The molecule has 0 radical (unpaired) electrons. The smallest absolute Gasteiger partial charge is 0.152 e. The van der Waals surface area contributed by atoms with Crippen molar-refractivity contribution < 1.29 is 4.79 Å². The second kappa shape index (κ2) is 10.6. The molecule has 1 heteroatoms. The van der Waals surface area contributed by atoms with Gasteiger partial charge in [-0.15, -0.1) is 0 Å². The third kappa shape index (κ3) is 8.77. The summed E-state index contributed by atoms with van der Waals surface area (Å²) in [5.74, 6) is 0.922. The number of benzene rings is 2. The lowest BCUT2D eigenvalue weighted by atomic mass is 10.1. The van der Waals surface area contributed by atoms with E-state index in [1.165, 1.54) is 42.5 Å². The van der Waals surface area contributed by atoms with Crippen molar-refractivity contribution in [2.75, 3.05) is 0 Å². The second-order valence-electron chi connectivity index (χ2n) is 5.84. The van der Waals surface area contributed by atoms with Crippen LogP contribution in [0.4, 0.5) is 0 Å². The van der Waals surface area contributed by atoms with Gasteiger partial charge in [0.25, 0.3) is 0 Å². The Morgan fingerprint density at radius 3 is 1.96 bits per heavy atom. The number of ketones is 1. The maximum Gasteiger partial charge on any atom is 0.152 e. The van der Waals surface area contributed by atoms with Crippen LogP contribution in [0.15, 0.2) is 67.3 Å². The molecule has 2 aromatic rings. The molecule has 0 unspecified atom stereocenters. The summed E-state index contributed by atoms with van der Waals surface area (Å²) < 4.78 is 0. The molecule has 2 aromatic carbocycles. The van der Waals surface area contributed by atoms with Crippen LogP contribution in [-0.4, -0.2) is 5.78 Å². The lowest BCUT2D eigenvalue weighted by molar-refractivity contribution is -0.112. The molecule has 23 heavy (non-hydrogen) atoms. The molecule has 0 spiro atoms. The zero-order chi connectivity index (χ0) is 17.1. The largest absolute Gasteiger partial charge is 0.295 e. The molecule has 1 fully saturated rings. The maximum absolute atomic E-state index is 9.69. The summed E-state index contributed by atoms with van der Waals surface area (Å²) in [5.41, 5.74) is 4.31. The zero-order valence-corrected chi connectivity index (χ0v) is 14.6. The first-order valence-electron chi connectivity index (χ1n) is 8.30. The summed E-state index contributed by atoms with van der Waals surface area (Å²) in [6.07, 6.45) is 5.23. The van der Waals surface area contributed by atoms with E-state index in [1.54, 1.807) is 0 Å². The summed E-state index contributed by atoms with van der Waals surface area (Å²) in [4.78, 5) is 9.69. The fraction of sp³-hybridized carbons (Fsp3) is 0.318. The summed E-state index contributed by atoms with van der Waals surface area (Å²) in [5, 5.41) is 0. The summed E-state index contributed by atoms with van der Waals surface area (Å²) in [7, 11) is 0. The number of rotatable bonds is 3. The van der Waals surface area contributed by atoms with Gasteiger partial charge in [-0.05, 0) is 56.2 Å². The lowest BCUT2D eigenvalue weighted by Gasteiger charge is -1.96. The Balaban J connectivity index is 0.000000184. The Morgan fingerprint density at radius 1 is 1.09 bits per heavy atom. The zero-order valence-electron chi connectivity index (χ0n) is 14.6. The molecule has 0 bridgehead atoms. The molecular formula is C22H28O. The van der Waals surface area contributed by atoms with E-state index in [0.29, 0.717) is 0 Å². The van der Waals surface area contributed by atoms with Gasteiger partial charge >= 0.3 is 0 Å². The average Bonchev–Trinajstić information content (AvgIpc) is 3.42. The Morgan fingerprint density at radius 2 is 1.61 bits per heavy atom. The fourth-order valence-electron chi connectivity index (χ4n) is 1.97. The first-order valence-corrected chi connectivity index (χ1v) is 8.30. The third-order valence-electron chi connectivity index (χ3n) is 3.66. The first-order chi connectivity index (χ1) is 11.1. The van der Waals surface area contributed by atoms with E-state index < -0.39 is 0 Å². The van der Waals surface area contributed by atoms with E-state index in [4.69, 9.17) is 0 Å². The average molecular weight is 308 g/mol. The second-order valence-corrected chi connectivity index (χ2v) is 5.84. The van der Waals surface area contributed by atoms with Gasteiger partial charge in [0, 0.05) is 0 Å². The summed E-state index contributed by atoms with van der Waals surface area (Å²) in [6, 6.07) is 19.4. The number of allylic oxidation sites excluding steroid dienone is 1. The summed E-state index contributed by atoms with van der Waals surface area (Å²) >= 11 is 0. The van der Waals surface area contributed by atoms with Crippen LogP contribution < -0.4 is 0 Å². The Bertz CT molecular complexity index is 577. The highest BCUT2D eigenvalue weighted by molar-refractivity contribution is 5.86. The number of aryl methyl sites for hydroxylation is 2. The standard InChI is InChI=1S/C10H12.C8H10.C4H6O/c1-8-2-4-9(5-3-8)10-6-7-10;1-2-8-6-4-3-5-7-8;1-3-4(2)5/h2-5,10H,6-7H2,1H3;3-7H,2H2,1H3;3H,1H2,2H3. The molecule has 122 valence electrons. The minimum Gasteiger partial charge on any atom is -0.295 e. The molecule has 0 heterocycles. The van der Waals surface area contributed by atoms with Crippen LogP contribution in [0, 0.1) is 6.92 Å². The van der Waals surface area contributed by atoms with E-state index in [9.17, 15) is 4.79 Å². The van der Waals surface area contributed by atoms with Crippen molar-refractivity contribution in [1.29, 1.82) is 0 Å². The van der Waals surface area contributed by atoms with Crippen molar-refractivity contribution in [1.82, 2.24) is 0 Å². The fourth-order valence-corrected chi connectivity index (χ4v) is 1.97. The molecule has 0 aliphatic heterocycles. The molecular weight excluding hydrogens is 280 g/mol. The first kappa shape index (κ1) is 18.9. The molecule has 1 saturated carbocycles. The van der Waals surface area contributed by atoms with Crippen molar-refractivity contribution in [2.24, 2.45) is 0 Å². The minimum absolute atomic E-state index is 0.0185. The van der Waals surface area contributed by atoms with Crippen molar-refractivity contribution in [3.05, 3.63) is 83.9 Å². The van der Waals surface area contributed by atoms with E-state index in [2.05, 4.69) is 69.0 Å². The molecule has 0 atom stereocenters. The Labute approximate surface area is 141 Å². The highest BCUT2D eigenvalue weighted by Crippen LogP contribution is 2.39. The van der Waals surface area contributed by atoms with Gasteiger partial charge in [0.15, 0.2) is 5.78 Å². The predicted molar refractivity (Wildman–Crippen MR) is 99.9 cm³/mol. The molecule has 1 nitrogen and oxygen atoms in total. The molecule has 0 saturated heterocycles. The monoisotopic (exact) mass is 308 g/mol. The predicted octanol–water partition coefficient (Wildman–Crippen LogP) is 5.88. The Kier molecular flexibility index (Phi) is 8.67. The van der Waals surface area contributed by atoms with Gasteiger partial charge in [-0.2, -0.15) is 0 Å². The summed E-state index contributed by atoms with van der Waals surface area (Å²) in [6.45, 7) is 8.97. The van der Waals surface area contributed by atoms with Crippen molar-refractivity contribution >= 4 is 5.78 Å². The van der Waals surface area contributed by atoms with Crippen molar-refractivity contribution in [3.63, 3.8) is 0 Å². The van der Waals surface area contributed by atoms with Crippen LogP contribution in [-0.2, 0) is 11.2 Å². The van der Waals surface area contributed by atoms with E-state index in [0.717, 1.165) is 12.3 Å². The maximum atomic E-state index is 9.69. The van der Waals surface area contributed by atoms with Crippen LogP contribution in [0.3, 0.4) is 0 Å². The highest BCUT2D eigenvalue weighted by Gasteiger charge is 2.22. The molecule has 1 aliphatic carbocycles. The van der Waals surface area contributed by atoms with Gasteiger partial charge in [0.05, 0.1) is 0 Å². The Hall–Kier alpha value is -2.15. The van der Waals surface area contributed by atoms with Crippen LogP contribution in [0.1, 0.15) is 49.3 Å². The van der Waals surface area contributed by atoms with Crippen LogP contribution in [0.25, 0.3) is 0 Å². The van der Waals surface area contributed by atoms with Gasteiger partial charge in [-0.25, -0.2) is 0 Å². The SMILES string of the molecule is C=CC(C)=O.CCc1ccccc1.Cc1ccc(C2CC2)cc1. The quantitative estimate of drug-likeness (QED) is 0.647.